The van der Waals surface area contributed by atoms with Crippen molar-refractivity contribution in [3.05, 3.63) is 29.3 Å². The van der Waals surface area contributed by atoms with Crippen LogP contribution in [-0.2, 0) is 12.0 Å². The van der Waals surface area contributed by atoms with Crippen LogP contribution in [-0.4, -0.2) is 38.4 Å². The highest BCUT2D eigenvalue weighted by atomic mass is 16.5. The number of ether oxygens (including phenoxy) is 2. The minimum absolute atomic E-state index is 0.348. The second-order valence-corrected chi connectivity index (χ2v) is 6.37. The molecule has 0 aromatic heterocycles. The lowest BCUT2D eigenvalue weighted by Crippen LogP contribution is -2.61. The van der Waals surface area contributed by atoms with E-state index >= 15 is 0 Å². The molecule has 2 aliphatic heterocycles. The molecule has 0 saturated carbocycles. The molecule has 3 atom stereocenters. The zero-order valence-corrected chi connectivity index (χ0v) is 12.6. The molecular formula is C16H19BN2O3. The molecule has 4 rings (SSSR count). The summed E-state index contributed by atoms with van der Waals surface area (Å²) in [5, 5.41) is 13.4. The Bertz CT molecular complexity index is 678. The molecule has 1 aliphatic carbocycles. The number of methoxy groups -OCH3 is 1. The van der Waals surface area contributed by atoms with E-state index in [0.717, 1.165) is 24.1 Å². The van der Waals surface area contributed by atoms with E-state index in [2.05, 4.69) is 5.32 Å². The summed E-state index contributed by atoms with van der Waals surface area (Å²) in [6.07, 6.45) is 4.35. The maximum Gasteiger partial charge on any atom is 0.174 e. The summed E-state index contributed by atoms with van der Waals surface area (Å²) in [6.45, 7) is 1.48. The van der Waals surface area contributed by atoms with Crippen molar-refractivity contribution in [2.24, 2.45) is 5.73 Å². The Hall–Kier alpha value is -1.50. The number of rotatable bonds is 1. The molecule has 0 amide bonds. The van der Waals surface area contributed by atoms with E-state index in [4.69, 9.17) is 23.1 Å². The zero-order chi connectivity index (χ0) is 15.5. The van der Waals surface area contributed by atoms with Crippen molar-refractivity contribution in [2.45, 2.75) is 36.6 Å². The van der Waals surface area contributed by atoms with E-state index < -0.39 is 17.2 Å². The first-order valence-electron chi connectivity index (χ1n) is 7.56. The van der Waals surface area contributed by atoms with Crippen LogP contribution >= 0.6 is 0 Å². The Morgan fingerprint density at radius 2 is 2.36 bits per heavy atom. The van der Waals surface area contributed by atoms with Crippen molar-refractivity contribution in [1.29, 1.82) is 0 Å². The molecule has 22 heavy (non-hydrogen) atoms. The molecule has 2 heterocycles. The normalized spacial score (nSPS) is 35.3. The first-order valence-corrected chi connectivity index (χ1v) is 7.56. The fraction of sp³-hybridized carbons (Fsp3) is 0.500. The van der Waals surface area contributed by atoms with Gasteiger partial charge in [0.1, 0.15) is 7.85 Å². The van der Waals surface area contributed by atoms with E-state index in [1.807, 2.05) is 12.2 Å². The van der Waals surface area contributed by atoms with Gasteiger partial charge in [-0.25, -0.2) is 0 Å². The van der Waals surface area contributed by atoms with Crippen molar-refractivity contribution < 1.29 is 14.6 Å². The first kappa shape index (κ1) is 14.1. The van der Waals surface area contributed by atoms with Crippen LogP contribution in [0.4, 0.5) is 0 Å². The predicted octanol–water partition coefficient (Wildman–Crippen LogP) is -0.412. The van der Waals surface area contributed by atoms with Crippen molar-refractivity contribution >= 4 is 13.3 Å². The van der Waals surface area contributed by atoms with Crippen LogP contribution < -0.4 is 26.0 Å². The lowest BCUT2D eigenvalue weighted by molar-refractivity contribution is -0.00972. The lowest BCUT2D eigenvalue weighted by atomic mass is 9.64. The van der Waals surface area contributed by atoms with Gasteiger partial charge in [-0.05, 0) is 24.6 Å². The molecule has 1 aromatic rings. The molecule has 3 aliphatic rings. The Morgan fingerprint density at radius 1 is 1.55 bits per heavy atom. The molecule has 0 fully saturated rings. The van der Waals surface area contributed by atoms with Crippen LogP contribution in [0.3, 0.4) is 0 Å². The standard InChI is InChI=1S/C16H19BN2O3/c1-21-12-6-11(17)10-8-19-5-4-15-3-2-9(20)7-16(15,18)22-14(12)13(10)15/h2-3,6,9,19-20H,4-5,7-8,18H2,1H3/t9-,15-,16+/m0/s1. The van der Waals surface area contributed by atoms with Gasteiger partial charge >= 0.3 is 0 Å². The van der Waals surface area contributed by atoms with Gasteiger partial charge in [-0.2, -0.15) is 0 Å². The van der Waals surface area contributed by atoms with Crippen molar-refractivity contribution in [3.8, 4) is 11.5 Å². The van der Waals surface area contributed by atoms with E-state index in [0.29, 0.717) is 29.9 Å². The quantitative estimate of drug-likeness (QED) is 0.485. The summed E-state index contributed by atoms with van der Waals surface area (Å²) in [5.41, 5.74) is 7.88. The van der Waals surface area contributed by atoms with E-state index in [-0.39, 0.29) is 0 Å². The van der Waals surface area contributed by atoms with Crippen LogP contribution in [0.1, 0.15) is 24.0 Å². The second kappa shape index (κ2) is 4.50. The van der Waals surface area contributed by atoms with Gasteiger partial charge < -0.3 is 19.9 Å². The highest BCUT2D eigenvalue weighted by Crippen LogP contribution is 2.57. The highest BCUT2D eigenvalue weighted by molar-refractivity contribution is 6.33. The van der Waals surface area contributed by atoms with E-state index in [9.17, 15) is 5.11 Å². The Balaban J connectivity index is 2.05. The maximum absolute atomic E-state index is 10.0. The summed E-state index contributed by atoms with van der Waals surface area (Å²) in [7, 11) is 7.84. The molecule has 4 N–H and O–H groups in total. The average molecular weight is 298 g/mol. The smallest absolute Gasteiger partial charge is 0.174 e. The highest BCUT2D eigenvalue weighted by Gasteiger charge is 2.60. The van der Waals surface area contributed by atoms with E-state index in [1.165, 1.54) is 0 Å². The van der Waals surface area contributed by atoms with Gasteiger partial charge in [0, 0.05) is 18.5 Å². The molecule has 0 saturated heterocycles. The minimum Gasteiger partial charge on any atom is -0.493 e. The summed E-state index contributed by atoms with van der Waals surface area (Å²) in [5.74, 6) is 1.26. The van der Waals surface area contributed by atoms with Crippen LogP contribution in [0.2, 0.25) is 0 Å². The predicted molar refractivity (Wildman–Crippen MR) is 83.7 cm³/mol. The average Bonchev–Trinajstić information content (AvgIpc) is 2.62. The van der Waals surface area contributed by atoms with Crippen LogP contribution in [0.15, 0.2) is 18.2 Å². The lowest BCUT2D eigenvalue weighted by Gasteiger charge is -2.43. The topological polar surface area (TPSA) is 76.7 Å². The monoisotopic (exact) mass is 298 g/mol. The Morgan fingerprint density at radius 3 is 3.14 bits per heavy atom. The molecule has 114 valence electrons. The molecule has 5 nitrogen and oxygen atoms in total. The minimum atomic E-state index is -0.981. The third kappa shape index (κ3) is 1.60. The van der Waals surface area contributed by atoms with Crippen molar-refractivity contribution in [2.75, 3.05) is 13.7 Å². The molecular weight excluding hydrogens is 279 g/mol. The largest absolute Gasteiger partial charge is 0.493 e. The third-order valence-electron chi connectivity index (χ3n) is 5.21. The van der Waals surface area contributed by atoms with Crippen LogP contribution in [0, 0.1) is 0 Å². The van der Waals surface area contributed by atoms with Gasteiger partial charge in [-0.1, -0.05) is 17.6 Å². The molecule has 0 unspecified atom stereocenters. The molecule has 1 aromatic carbocycles. The maximum atomic E-state index is 10.0. The number of hydrogen-bond acceptors (Lipinski definition) is 5. The van der Waals surface area contributed by atoms with Crippen molar-refractivity contribution in [1.82, 2.24) is 5.32 Å². The summed E-state index contributed by atoms with van der Waals surface area (Å²) < 4.78 is 11.6. The number of benzene rings is 1. The van der Waals surface area contributed by atoms with Gasteiger partial charge in [-0.3, -0.25) is 5.73 Å². The molecule has 2 radical (unpaired) electrons. The number of hydrogen-bond donors (Lipinski definition) is 3. The number of nitrogens with two attached hydrogens (primary N) is 1. The van der Waals surface area contributed by atoms with Gasteiger partial charge in [0.25, 0.3) is 0 Å². The fourth-order valence-corrected chi connectivity index (χ4v) is 4.12. The van der Waals surface area contributed by atoms with Gasteiger partial charge in [0.15, 0.2) is 17.2 Å². The summed E-state index contributed by atoms with van der Waals surface area (Å²) in [4.78, 5) is 0. The summed E-state index contributed by atoms with van der Waals surface area (Å²) >= 11 is 0. The zero-order valence-electron chi connectivity index (χ0n) is 12.6. The Labute approximate surface area is 130 Å². The second-order valence-electron chi connectivity index (χ2n) is 6.37. The third-order valence-corrected chi connectivity index (χ3v) is 5.21. The van der Waals surface area contributed by atoms with Crippen LogP contribution in [0.25, 0.3) is 0 Å². The Kier molecular flexibility index (Phi) is 2.89. The fourth-order valence-electron chi connectivity index (χ4n) is 4.12. The molecule has 6 heteroatoms. The number of aliphatic hydroxyl groups excluding tert-OH is 1. The number of nitrogens with one attached hydrogen (secondary N) is 1. The molecule has 1 spiro atoms. The first-order chi connectivity index (χ1) is 10.5. The van der Waals surface area contributed by atoms with Gasteiger partial charge in [0.05, 0.1) is 18.6 Å². The number of aliphatic hydroxyl groups is 1. The SMILES string of the molecule is [B]c1cc(OC)c2c3c1CNCC[C@@]31C=C[C@H](O)C[C@@]1(N)O2. The van der Waals surface area contributed by atoms with Crippen molar-refractivity contribution in [3.63, 3.8) is 0 Å². The van der Waals surface area contributed by atoms with Crippen LogP contribution in [0.5, 0.6) is 11.5 Å². The summed E-state index contributed by atoms with van der Waals surface area (Å²) in [6, 6.07) is 1.79. The van der Waals surface area contributed by atoms with E-state index in [1.54, 1.807) is 13.2 Å². The van der Waals surface area contributed by atoms with Gasteiger partial charge in [0.2, 0.25) is 0 Å². The molecule has 0 bridgehead atoms. The van der Waals surface area contributed by atoms with Gasteiger partial charge in [-0.15, -0.1) is 0 Å².